The summed E-state index contributed by atoms with van der Waals surface area (Å²) in [6.07, 6.45) is 4.09. The van der Waals surface area contributed by atoms with E-state index in [0.29, 0.717) is 0 Å². The van der Waals surface area contributed by atoms with Gasteiger partial charge in [-0.05, 0) is 43.4 Å². The zero-order valence-corrected chi connectivity index (χ0v) is 10.3. The van der Waals surface area contributed by atoms with Crippen molar-refractivity contribution in [1.82, 2.24) is 4.98 Å². The number of aromatic nitrogens is 1. The smallest absolute Gasteiger partial charge is 0.118 e. The number of hydrogen-bond acceptors (Lipinski definition) is 2. The van der Waals surface area contributed by atoms with Gasteiger partial charge in [0.2, 0.25) is 0 Å². The van der Waals surface area contributed by atoms with Crippen LogP contribution in [0.15, 0.2) is 18.3 Å². The topological polar surface area (TPSA) is 22.1 Å². The molecule has 1 saturated heterocycles. The SMILES string of the molecule is CC.Cc1ccnc(C#CC2CCCO2)c1. The van der Waals surface area contributed by atoms with E-state index in [4.69, 9.17) is 4.74 Å². The van der Waals surface area contributed by atoms with Crippen LogP contribution >= 0.6 is 0 Å². The Labute approximate surface area is 98.0 Å². The minimum Gasteiger partial charge on any atom is -0.366 e. The number of aryl methyl sites for hydroxylation is 1. The summed E-state index contributed by atoms with van der Waals surface area (Å²) in [5, 5.41) is 0. The maximum absolute atomic E-state index is 5.40. The molecule has 1 aromatic rings. The Hall–Kier alpha value is -1.33. The molecule has 0 aromatic carbocycles. The van der Waals surface area contributed by atoms with Crippen molar-refractivity contribution in [2.24, 2.45) is 0 Å². The molecule has 86 valence electrons. The summed E-state index contributed by atoms with van der Waals surface area (Å²) in [6, 6.07) is 3.96. The molecule has 0 aliphatic carbocycles. The molecule has 2 nitrogen and oxygen atoms in total. The maximum atomic E-state index is 5.40. The molecule has 0 radical (unpaired) electrons. The van der Waals surface area contributed by atoms with Crippen LogP contribution in [0, 0.1) is 18.8 Å². The number of ether oxygens (including phenoxy) is 1. The molecule has 1 aliphatic heterocycles. The van der Waals surface area contributed by atoms with Crippen LogP contribution in [0.1, 0.15) is 37.9 Å². The predicted molar refractivity (Wildman–Crippen MR) is 66.2 cm³/mol. The van der Waals surface area contributed by atoms with Gasteiger partial charge in [0.1, 0.15) is 11.8 Å². The molecule has 1 aromatic heterocycles. The van der Waals surface area contributed by atoms with Crippen LogP contribution in [0.2, 0.25) is 0 Å². The third-order valence-electron chi connectivity index (χ3n) is 2.21. The highest BCUT2D eigenvalue weighted by Crippen LogP contribution is 2.10. The highest BCUT2D eigenvalue weighted by molar-refractivity contribution is 5.31. The third kappa shape index (κ3) is 4.04. The molecule has 0 spiro atoms. The molecular weight excluding hydrogens is 198 g/mol. The van der Waals surface area contributed by atoms with Gasteiger partial charge in [0, 0.05) is 12.8 Å². The lowest BCUT2D eigenvalue weighted by Crippen LogP contribution is -1.99. The van der Waals surface area contributed by atoms with Crippen molar-refractivity contribution >= 4 is 0 Å². The van der Waals surface area contributed by atoms with Crippen molar-refractivity contribution in [3.63, 3.8) is 0 Å². The molecule has 2 rings (SSSR count). The van der Waals surface area contributed by atoms with Gasteiger partial charge in [-0.25, -0.2) is 4.98 Å². The minimum atomic E-state index is 0.123. The van der Waals surface area contributed by atoms with Crippen molar-refractivity contribution in [3.8, 4) is 11.8 Å². The predicted octanol–water partition coefficient (Wildman–Crippen LogP) is 2.95. The molecule has 0 saturated carbocycles. The summed E-state index contributed by atoms with van der Waals surface area (Å²) in [5.41, 5.74) is 2.03. The van der Waals surface area contributed by atoms with E-state index in [2.05, 4.69) is 16.8 Å². The van der Waals surface area contributed by atoms with Crippen LogP contribution in [-0.4, -0.2) is 17.7 Å². The van der Waals surface area contributed by atoms with E-state index in [-0.39, 0.29) is 6.10 Å². The van der Waals surface area contributed by atoms with Crippen molar-refractivity contribution in [2.45, 2.75) is 39.7 Å². The molecule has 2 heterocycles. The molecular formula is C14H19NO. The van der Waals surface area contributed by atoms with E-state index in [1.807, 2.05) is 32.9 Å². The minimum absolute atomic E-state index is 0.123. The summed E-state index contributed by atoms with van der Waals surface area (Å²) in [5.74, 6) is 6.13. The van der Waals surface area contributed by atoms with E-state index in [1.165, 1.54) is 5.56 Å². The molecule has 16 heavy (non-hydrogen) atoms. The average Bonchev–Trinajstić information content (AvgIpc) is 2.82. The van der Waals surface area contributed by atoms with Gasteiger partial charge in [-0.3, -0.25) is 0 Å². The van der Waals surface area contributed by atoms with E-state index in [9.17, 15) is 0 Å². The Morgan fingerprint density at radius 2 is 2.25 bits per heavy atom. The van der Waals surface area contributed by atoms with Crippen LogP contribution in [0.25, 0.3) is 0 Å². The lowest BCUT2D eigenvalue weighted by atomic mass is 10.2. The normalized spacial score (nSPS) is 18.1. The van der Waals surface area contributed by atoms with Crippen LogP contribution in [0.4, 0.5) is 0 Å². The molecule has 1 aliphatic rings. The zero-order chi connectivity index (χ0) is 11.8. The van der Waals surface area contributed by atoms with Crippen LogP contribution < -0.4 is 0 Å². The number of nitrogens with zero attached hydrogens (tertiary/aromatic N) is 1. The standard InChI is InChI=1S/C12H13NO.C2H6/c1-10-6-7-13-11(9-10)4-5-12-3-2-8-14-12;1-2/h6-7,9,12H,2-3,8H2,1H3;1-2H3. The van der Waals surface area contributed by atoms with E-state index in [0.717, 1.165) is 25.1 Å². The van der Waals surface area contributed by atoms with Gasteiger partial charge >= 0.3 is 0 Å². The van der Waals surface area contributed by atoms with Gasteiger partial charge < -0.3 is 4.74 Å². The van der Waals surface area contributed by atoms with Gasteiger partial charge in [0.05, 0.1) is 0 Å². The van der Waals surface area contributed by atoms with Crippen molar-refractivity contribution in [1.29, 1.82) is 0 Å². The van der Waals surface area contributed by atoms with E-state index >= 15 is 0 Å². The van der Waals surface area contributed by atoms with Gasteiger partial charge in [0.15, 0.2) is 0 Å². The first-order valence-electron chi connectivity index (χ1n) is 5.90. The maximum Gasteiger partial charge on any atom is 0.118 e. The molecule has 0 N–H and O–H groups in total. The summed E-state index contributed by atoms with van der Waals surface area (Å²) in [7, 11) is 0. The Bertz CT molecular complexity index is 370. The van der Waals surface area contributed by atoms with Gasteiger partial charge in [-0.2, -0.15) is 0 Å². The lowest BCUT2D eigenvalue weighted by Gasteiger charge is -1.97. The number of rotatable bonds is 0. The first-order valence-corrected chi connectivity index (χ1v) is 5.90. The third-order valence-corrected chi connectivity index (χ3v) is 2.21. The summed E-state index contributed by atoms with van der Waals surface area (Å²) in [4.78, 5) is 4.17. The molecule has 0 bridgehead atoms. The summed E-state index contributed by atoms with van der Waals surface area (Å²) in [6.45, 7) is 6.89. The molecule has 1 fully saturated rings. The van der Waals surface area contributed by atoms with Gasteiger partial charge in [0.25, 0.3) is 0 Å². The Balaban J connectivity index is 0.000000606. The fourth-order valence-corrected chi connectivity index (χ4v) is 1.45. The van der Waals surface area contributed by atoms with E-state index in [1.54, 1.807) is 6.20 Å². The van der Waals surface area contributed by atoms with Crippen molar-refractivity contribution in [2.75, 3.05) is 6.61 Å². The highest BCUT2D eigenvalue weighted by atomic mass is 16.5. The molecule has 1 atom stereocenters. The quantitative estimate of drug-likeness (QED) is 0.623. The second-order valence-corrected chi connectivity index (χ2v) is 3.49. The van der Waals surface area contributed by atoms with Crippen LogP contribution in [0.3, 0.4) is 0 Å². The Morgan fingerprint density at radius 1 is 1.44 bits per heavy atom. The lowest BCUT2D eigenvalue weighted by molar-refractivity contribution is 0.152. The molecule has 2 heteroatoms. The first kappa shape index (κ1) is 12.7. The second-order valence-electron chi connectivity index (χ2n) is 3.49. The fraction of sp³-hybridized carbons (Fsp3) is 0.500. The second kappa shape index (κ2) is 7.03. The number of hydrogen-bond donors (Lipinski definition) is 0. The zero-order valence-electron chi connectivity index (χ0n) is 10.3. The fourth-order valence-electron chi connectivity index (χ4n) is 1.45. The number of pyridine rings is 1. The van der Waals surface area contributed by atoms with Gasteiger partial charge in [-0.15, -0.1) is 0 Å². The monoisotopic (exact) mass is 217 g/mol. The van der Waals surface area contributed by atoms with Crippen molar-refractivity contribution in [3.05, 3.63) is 29.6 Å². The van der Waals surface area contributed by atoms with Crippen molar-refractivity contribution < 1.29 is 4.74 Å². The summed E-state index contributed by atoms with van der Waals surface area (Å²) < 4.78 is 5.40. The summed E-state index contributed by atoms with van der Waals surface area (Å²) >= 11 is 0. The largest absolute Gasteiger partial charge is 0.366 e. The average molecular weight is 217 g/mol. The molecule has 1 unspecified atom stereocenters. The van der Waals surface area contributed by atoms with Crippen LogP contribution in [0.5, 0.6) is 0 Å². The van der Waals surface area contributed by atoms with E-state index < -0.39 is 0 Å². The Kier molecular flexibility index (Phi) is 5.60. The van der Waals surface area contributed by atoms with Crippen LogP contribution in [-0.2, 0) is 4.74 Å². The highest BCUT2D eigenvalue weighted by Gasteiger charge is 2.11. The first-order chi connectivity index (χ1) is 7.84. The van der Waals surface area contributed by atoms with Gasteiger partial charge in [-0.1, -0.05) is 19.8 Å². The Morgan fingerprint density at radius 3 is 2.88 bits per heavy atom. The molecule has 0 amide bonds.